The molecule has 32 heavy (non-hydrogen) atoms. The lowest BCUT2D eigenvalue weighted by Gasteiger charge is -2.33. The van der Waals surface area contributed by atoms with Crippen LogP contribution in [0, 0.1) is 5.92 Å². The van der Waals surface area contributed by atoms with Crippen LogP contribution in [0.3, 0.4) is 0 Å². The highest BCUT2D eigenvalue weighted by Crippen LogP contribution is 2.26. The fourth-order valence-electron chi connectivity index (χ4n) is 3.45. The second-order valence-corrected chi connectivity index (χ2v) is 7.86. The molecule has 3 rings (SSSR count). The molecule has 0 fully saturated rings. The van der Waals surface area contributed by atoms with Crippen molar-refractivity contribution in [1.29, 1.82) is 0 Å². The molecule has 0 spiro atoms. The maximum absolute atomic E-state index is 13.4. The number of methoxy groups -OCH3 is 1. The van der Waals surface area contributed by atoms with Crippen molar-refractivity contribution in [2.75, 3.05) is 7.11 Å². The van der Waals surface area contributed by atoms with Crippen LogP contribution in [0.1, 0.15) is 36.6 Å². The van der Waals surface area contributed by atoms with E-state index in [4.69, 9.17) is 4.74 Å². The van der Waals surface area contributed by atoms with E-state index in [-0.39, 0.29) is 17.7 Å². The Hall–Kier alpha value is -3.67. The van der Waals surface area contributed by atoms with E-state index in [1.807, 2.05) is 80.6 Å². The van der Waals surface area contributed by atoms with Crippen LogP contribution in [0.5, 0.6) is 5.75 Å². The third-order valence-corrected chi connectivity index (χ3v) is 5.18. The van der Waals surface area contributed by atoms with Crippen LogP contribution in [0.4, 0.5) is 0 Å². The molecule has 3 aromatic rings. The van der Waals surface area contributed by atoms with E-state index in [0.717, 1.165) is 22.4 Å². The Morgan fingerprint density at radius 2 is 1.59 bits per heavy atom. The Morgan fingerprint density at radius 3 is 2.19 bits per heavy atom. The van der Waals surface area contributed by atoms with E-state index in [0.29, 0.717) is 13.1 Å². The molecule has 0 bridgehead atoms. The summed E-state index contributed by atoms with van der Waals surface area (Å²) in [5, 5.41) is 3.00. The van der Waals surface area contributed by atoms with E-state index < -0.39 is 6.04 Å². The molecule has 2 amide bonds. The first kappa shape index (κ1) is 23.0. The fourth-order valence-corrected chi connectivity index (χ4v) is 3.45. The lowest BCUT2D eigenvalue weighted by molar-refractivity contribution is -0.144. The number of ether oxygens (including phenoxy) is 1. The average molecular weight is 432 g/mol. The number of nitrogens with zero attached hydrogens (tertiary/aromatic N) is 2. The summed E-state index contributed by atoms with van der Waals surface area (Å²) in [6.07, 6.45) is 3.38. The van der Waals surface area contributed by atoms with Crippen LogP contribution < -0.4 is 10.1 Å². The number of hydrogen-bond acceptors (Lipinski definition) is 4. The first-order chi connectivity index (χ1) is 15.5. The van der Waals surface area contributed by atoms with Crippen molar-refractivity contribution >= 4 is 11.8 Å². The number of aromatic nitrogens is 1. The van der Waals surface area contributed by atoms with Crippen molar-refractivity contribution in [1.82, 2.24) is 15.2 Å². The molecule has 1 heterocycles. The molecular formula is C26H29N3O3. The van der Waals surface area contributed by atoms with Gasteiger partial charge >= 0.3 is 0 Å². The van der Waals surface area contributed by atoms with Crippen molar-refractivity contribution in [3.63, 3.8) is 0 Å². The summed E-state index contributed by atoms with van der Waals surface area (Å²) in [4.78, 5) is 32.4. The molecule has 2 aromatic carbocycles. The number of benzene rings is 2. The van der Waals surface area contributed by atoms with Gasteiger partial charge in [0.1, 0.15) is 11.8 Å². The minimum Gasteiger partial charge on any atom is -0.497 e. The summed E-state index contributed by atoms with van der Waals surface area (Å²) in [7, 11) is 1.61. The molecule has 1 atom stereocenters. The predicted octanol–water partition coefficient (Wildman–Crippen LogP) is 4.13. The molecular weight excluding hydrogens is 402 g/mol. The van der Waals surface area contributed by atoms with Gasteiger partial charge in [-0.15, -0.1) is 0 Å². The molecule has 0 aliphatic heterocycles. The number of carbonyl (C=O) groups excluding carboxylic acids is 2. The molecule has 1 N–H and O–H groups in total. The number of pyridine rings is 1. The number of rotatable bonds is 9. The molecule has 1 unspecified atom stereocenters. The SMILES string of the molecule is COc1ccc(CN(C(=O)C(C)C)C(C(=O)NCc2ccncc2)c2ccccc2)cc1. The summed E-state index contributed by atoms with van der Waals surface area (Å²) in [6.45, 7) is 4.36. The van der Waals surface area contributed by atoms with Crippen molar-refractivity contribution in [2.24, 2.45) is 5.92 Å². The van der Waals surface area contributed by atoms with Gasteiger partial charge in [0.25, 0.3) is 0 Å². The number of hydrogen-bond donors (Lipinski definition) is 1. The van der Waals surface area contributed by atoms with Gasteiger partial charge in [-0.1, -0.05) is 56.3 Å². The zero-order valence-electron chi connectivity index (χ0n) is 18.7. The van der Waals surface area contributed by atoms with Gasteiger partial charge in [0.15, 0.2) is 0 Å². The Balaban J connectivity index is 1.92. The maximum Gasteiger partial charge on any atom is 0.247 e. The molecule has 6 nitrogen and oxygen atoms in total. The van der Waals surface area contributed by atoms with Crippen LogP contribution in [0.15, 0.2) is 79.1 Å². The molecule has 0 aliphatic carbocycles. The summed E-state index contributed by atoms with van der Waals surface area (Å²) >= 11 is 0. The van der Waals surface area contributed by atoms with Crippen molar-refractivity contribution in [2.45, 2.75) is 33.0 Å². The van der Waals surface area contributed by atoms with Crippen molar-refractivity contribution in [3.05, 3.63) is 95.8 Å². The first-order valence-corrected chi connectivity index (χ1v) is 10.6. The monoisotopic (exact) mass is 431 g/mol. The van der Waals surface area contributed by atoms with Crippen LogP contribution in [-0.4, -0.2) is 28.8 Å². The van der Waals surface area contributed by atoms with Gasteiger partial charge in [-0.3, -0.25) is 14.6 Å². The highest BCUT2D eigenvalue weighted by atomic mass is 16.5. The van der Waals surface area contributed by atoms with Gasteiger partial charge in [-0.25, -0.2) is 0 Å². The van der Waals surface area contributed by atoms with E-state index >= 15 is 0 Å². The van der Waals surface area contributed by atoms with Crippen molar-refractivity contribution in [3.8, 4) is 5.75 Å². The third kappa shape index (κ3) is 5.94. The second kappa shape index (κ2) is 11.1. The molecule has 0 saturated carbocycles. The van der Waals surface area contributed by atoms with Crippen LogP contribution in [-0.2, 0) is 22.7 Å². The normalized spacial score (nSPS) is 11.6. The number of carbonyl (C=O) groups is 2. The minimum atomic E-state index is -0.755. The standard InChI is InChI=1S/C26H29N3O3/c1-19(2)26(31)29(18-21-9-11-23(32-3)12-10-21)24(22-7-5-4-6-8-22)25(30)28-17-20-13-15-27-16-14-20/h4-16,19,24H,17-18H2,1-3H3,(H,28,30). The Kier molecular flexibility index (Phi) is 7.97. The van der Waals surface area contributed by atoms with E-state index in [2.05, 4.69) is 10.3 Å². The number of amides is 2. The Bertz CT molecular complexity index is 1010. The van der Waals surface area contributed by atoms with Gasteiger partial charge in [-0.2, -0.15) is 0 Å². The quantitative estimate of drug-likeness (QED) is 0.553. The first-order valence-electron chi connectivity index (χ1n) is 10.6. The van der Waals surface area contributed by atoms with Gasteiger partial charge < -0.3 is 15.0 Å². The van der Waals surface area contributed by atoms with Crippen LogP contribution >= 0.6 is 0 Å². The molecule has 6 heteroatoms. The molecule has 0 saturated heterocycles. The topological polar surface area (TPSA) is 71.5 Å². The molecule has 0 aliphatic rings. The average Bonchev–Trinajstić information content (AvgIpc) is 2.83. The van der Waals surface area contributed by atoms with Gasteiger partial charge in [0.2, 0.25) is 11.8 Å². The maximum atomic E-state index is 13.4. The summed E-state index contributed by atoms with van der Waals surface area (Å²) in [6, 6.07) is 19.9. The molecule has 166 valence electrons. The highest BCUT2D eigenvalue weighted by Gasteiger charge is 2.32. The zero-order chi connectivity index (χ0) is 22.9. The predicted molar refractivity (Wildman–Crippen MR) is 124 cm³/mol. The van der Waals surface area contributed by atoms with E-state index in [1.165, 1.54) is 0 Å². The van der Waals surface area contributed by atoms with Gasteiger partial charge in [0, 0.05) is 31.4 Å². The molecule has 0 radical (unpaired) electrons. The zero-order valence-corrected chi connectivity index (χ0v) is 18.7. The van der Waals surface area contributed by atoms with Gasteiger partial charge in [-0.05, 0) is 41.0 Å². The lowest BCUT2D eigenvalue weighted by atomic mass is 10.0. The highest BCUT2D eigenvalue weighted by molar-refractivity contribution is 5.89. The minimum absolute atomic E-state index is 0.0891. The van der Waals surface area contributed by atoms with Crippen molar-refractivity contribution < 1.29 is 14.3 Å². The van der Waals surface area contributed by atoms with Crippen LogP contribution in [0.2, 0.25) is 0 Å². The van der Waals surface area contributed by atoms with Crippen LogP contribution in [0.25, 0.3) is 0 Å². The summed E-state index contributed by atoms with van der Waals surface area (Å²) in [5.41, 5.74) is 2.63. The number of nitrogens with one attached hydrogen (secondary N) is 1. The summed E-state index contributed by atoms with van der Waals surface area (Å²) < 4.78 is 5.24. The third-order valence-electron chi connectivity index (χ3n) is 5.18. The Labute approximate surface area is 189 Å². The molecule has 1 aromatic heterocycles. The summed E-state index contributed by atoms with van der Waals surface area (Å²) in [5.74, 6) is 0.168. The van der Waals surface area contributed by atoms with Gasteiger partial charge in [0.05, 0.1) is 7.11 Å². The smallest absolute Gasteiger partial charge is 0.247 e. The largest absolute Gasteiger partial charge is 0.497 e. The second-order valence-electron chi connectivity index (χ2n) is 7.86. The van der Waals surface area contributed by atoms with E-state index in [9.17, 15) is 9.59 Å². The fraction of sp³-hybridized carbons (Fsp3) is 0.269. The van der Waals surface area contributed by atoms with E-state index in [1.54, 1.807) is 24.4 Å². The Morgan fingerprint density at radius 1 is 0.938 bits per heavy atom. The lowest BCUT2D eigenvalue weighted by Crippen LogP contribution is -2.44.